The summed E-state index contributed by atoms with van der Waals surface area (Å²) in [6, 6.07) is 8.39. The smallest absolute Gasteiger partial charge is 0.0739 e. The molecular weight excluding hydrogens is 330 g/mol. The number of rotatable bonds is 7. The Labute approximate surface area is 134 Å². The van der Waals surface area contributed by atoms with Gasteiger partial charge in [-0.3, -0.25) is 4.68 Å². The molecule has 0 bridgehead atoms. The van der Waals surface area contributed by atoms with Crippen molar-refractivity contribution in [2.75, 3.05) is 6.61 Å². The van der Waals surface area contributed by atoms with Crippen molar-refractivity contribution in [1.29, 1.82) is 0 Å². The quantitative estimate of drug-likeness (QED) is 0.831. The molecule has 0 unspecified atom stereocenters. The van der Waals surface area contributed by atoms with Crippen LogP contribution in [0.5, 0.6) is 0 Å². The van der Waals surface area contributed by atoms with Crippen molar-refractivity contribution in [2.45, 2.75) is 33.5 Å². The molecule has 0 aliphatic carbocycles. The van der Waals surface area contributed by atoms with Crippen molar-refractivity contribution in [3.8, 4) is 0 Å². The Morgan fingerprint density at radius 3 is 2.57 bits per heavy atom. The molecule has 2 aromatic rings. The van der Waals surface area contributed by atoms with Crippen LogP contribution in [0.4, 0.5) is 0 Å². The number of ether oxygens (including phenoxy) is 1. The molecule has 114 valence electrons. The minimum Gasteiger partial charge on any atom is -0.377 e. The van der Waals surface area contributed by atoms with Gasteiger partial charge in [-0.15, -0.1) is 0 Å². The first-order valence-electron chi connectivity index (χ1n) is 7.16. The van der Waals surface area contributed by atoms with E-state index in [2.05, 4.69) is 50.6 Å². The van der Waals surface area contributed by atoms with E-state index in [1.165, 1.54) is 11.1 Å². The van der Waals surface area contributed by atoms with Crippen LogP contribution in [0.25, 0.3) is 0 Å². The SMILES string of the molecule is CCOCc1ccccc1CNCc1c(Br)c(C)nn1C. The van der Waals surface area contributed by atoms with Crippen LogP contribution in [0, 0.1) is 6.92 Å². The molecular formula is C16H22BrN3O. The zero-order valence-electron chi connectivity index (χ0n) is 12.8. The van der Waals surface area contributed by atoms with Gasteiger partial charge in [0.05, 0.1) is 22.5 Å². The lowest BCUT2D eigenvalue weighted by Gasteiger charge is -2.11. The molecule has 0 fully saturated rings. The fraction of sp³-hybridized carbons (Fsp3) is 0.438. The van der Waals surface area contributed by atoms with Gasteiger partial charge in [0.25, 0.3) is 0 Å². The lowest BCUT2D eigenvalue weighted by molar-refractivity contribution is 0.133. The summed E-state index contributed by atoms with van der Waals surface area (Å²) in [5.74, 6) is 0. The Balaban J connectivity index is 1.97. The Morgan fingerprint density at radius 2 is 1.95 bits per heavy atom. The van der Waals surface area contributed by atoms with Gasteiger partial charge in [0.2, 0.25) is 0 Å². The normalized spacial score (nSPS) is 11.0. The minimum absolute atomic E-state index is 0.670. The molecule has 1 heterocycles. The van der Waals surface area contributed by atoms with Crippen LogP contribution >= 0.6 is 15.9 Å². The summed E-state index contributed by atoms with van der Waals surface area (Å²) in [6.45, 7) is 7.03. The number of aromatic nitrogens is 2. The number of nitrogens with zero attached hydrogens (tertiary/aromatic N) is 2. The Kier molecular flexibility index (Phi) is 5.96. The Morgan fingerprint density at radius 1 is 1.24 bits per heavy atom. The van der Waals surface area contributed by atoms with Gasteiger partial charge in [0, 0.05) is 26.7 Å². The molecule has 0 aliphatic heterocycles. The third-order valence-corrected chi connectivity index (χ3v) is 4.48. The highest BCUT2D eigenvalue weighted by Gasteiger charge is 2.10. The molecule has 1 aromatic heterocycles. The molecule has 2 rings (SSSR count). The highest BCUT2D eigenvalue weighted by molar-refractivity contribution is 9.10. The monoisotopic (exact) mass is 351 g/mol. The van der Waals surface area contributed by atoms with E-state index in [1.807, 2.05) is 25.6 Å². The van der Waals surface area contributed by atoms with Gasteiger partial charge in [-0.05, 0) is 40.9 Å². The maximum absolute atomic E-state index is 5.52. The van der Waals surface area contributed by atoms with Crippen LogP contribution in [0.1, 0.15) is 29.4 Å². The highest BCUT2D eigenvalue weighted by Crippen LogP contribution is 2.20. The zero-order chi connectivity index (χ0) is 15.2. The predicted molar refractivity (Wildman–Crippen MR) is 88.0 cm³/mol. The van der Waals surface area contributed by atoms with E-state index in [0.717, 1.165) is 35.6 Å². The molecule has 0 atom stereocenters. The highest BCUT2D eigenvalue weighted by atomic mass is 79.9. The number of nitrogens with one attached hydrogen (secondary N) is 1. The number of benzene rings is 1. The first-order chi connectivity index (χ1) is 10.1. The average molecular weight is 352 g/mol. The largest absolute Gasteiger partial charge is 0.377 e. The maximum Gasteiger partial charge on any atom is 0.0739 e. The van der Waals surface area contributed by atoms with Gasteiger partial charge in [0.1, 0.15) is 0 Å². The van der Waals surface area contributed by atoms with E-state index in [1.54, 1.807) is 0 Å². The van der Waals surface area contributed by atoms with E-state index in [0.29, 0.717) is 6.61 Å². The van der Waals surface area contributed by atoms with E-state index in [9.17, 15) is 0 Å². The second-order valence-corrected chi connectivity index (χ2v) is 5.77. The lowest BCUT2D eigenvalue weighted by atomic mass is 10.1. The Bertz CT molecular complexity index is 595. The van der Waals surface area contributed by atoms with Gasteiger partial charge < -0.3 is 10.1 Å². The maximum atomic E-state index is 5.52. The van der Waals surface area contributed by atoms with Gasteiger partial charge in [-0.2, -0.15) is 5.10 Å². The summed E-state index contributed by atoms with van der Waals surface area (Å²) < 4.78 is 8.52. The Hall–Kier alpha value is -1.17. The number of hydrogen-bond acceptors (Lipinski definition) is 3. The molecule has 0 spiro atoms. The summed E-state index contributed by atoms with van der Waals surface area (Å²) in [5, 5.41) is 7.89. The zero-order valence-corrected chi connectivity index (χ0v) is 14.4. The van der Waals surface area contributed by atoms with Crippen molar-refractivity contribution >= 4 is 15.9 Å². The van der Waals surface area contributed by atoms with Gasteiger partial charge in [0.15, 0.2) is 0 Å². The van der Waals surface area contributed by atoms with Crippen molar-refractivity contribution < 1.29 is 4.74 Å². The third kappa shape index (κ3) is 4.15. The molecule has 0 saturated heterocycles. The molecule has 0 amide bonds. The van der Waals surface area contributed by atoms with E-state index in [4.69, 9.17) is 4.74 Å². The van der Waals surface area contributed by atoms with Crippen LogP contribution in [-0.2, 0) is 31.5 Å². The van der Waals surface area contributed by atoms with Crippen molar-refractivity contribution in [2.24, 2.45) is 7.05 Å². The fourth-order valence-electron chi connectivity index (χ4n) is 2.27. The van der Waals surface area contributed by atoms with E-state index in [-0.39, 0.29) is 0 Å². The van der Waals surface area contributed by atoms with Crippen LogP contribution < -0.4 is 5.32 Å². The van der Waals surface area contributed by atoms with Crippen LogP contribution in [-0.4, -0.2) is 16.4 Å². The summed E-state index contributed by atoms with van der Waals surface area (Å²) >= 11 is 3.59. The third-order valence-electron chi connectivity index (χ3n) is 3.45. The lowest BCUT2D eigenvalue weighted by Crippen LogP contribution is -2.16. The topological polar surface area (TPSA) is 39.1 Å². The summed E-state index contributed by atoms with van der Waals surface area (Å²) in [5.41, 5.74) is 4.70. The van der Waals surface area contributed by atoms with Crippen LogP contribution in [0.15, 0.2) is 28.7 Å². The number of aryl methyl sites for hydroxylation is 2. The molecule has 4 nitrogen and oxygen atoms in total. The molecule has 0 radical (unpaired) electrons. The molecule has 0 aliphatic rings. The first kappa shape index (κ1) is 16.2. The molecule has 1 aromatic carbocycles. The van der Waals surface area contributed by atoms with Gasteiger partial charge >= 0.3 is 0 Å². The fourth-order valence-corrected chi connectivity index (χ4v) is 2.75. The van der Waals surface area contributed by atoms with E-state index < -0.39 is 0 Å². The average Bonchev–Trinajstić information content (AvgIpc) is 2.72. The second kappa shape index (κ2) is 7.73. The minimum atomic E-state index is 0.670. The molecule has 5 heteroatoms. The van der Waals surface area contributed by atoms with Crippen molar-refractivity contribution in [1.82, 2.24) is 15.1 Å². The standard InChI is InChI=1S/C16H22BrN3O/c1-4-21-11-14-8-6-5-7-13(14)9-18-10-15-16(17)12(2)19-20(15)3/h5-8,18H,4,9-11H2,1-3H3. The number of halogens is 1. The first-order valence-corrected chi connectivity index (χ1v) is 7.96. The summed E-state index contributed by atoms with van der Waals surface area (Å²) in [7, 11) is 1.97. The van der Waals surface area contributed by atoms with Gasteiger partial charge in [-0.1, -0.05) is 24.3 Å². The predicted octanol–water partition coefficient (Wildman–Crippen LogP) is 3.32. The molecule has 0 saturated carbocycles. The summed E-state index contributed by atoms with van der Waals surface area (Å²) in [6.07, 6.45) is 0. The molecule has 1 N–H and O–H groups in total. The van der Waals surface area contributed by atoms with E-state index >= 15 is 0 Å². The second-order valence-electron chi connectivity index (χ2n) is 4.98. The number of hydrogen-bond donors (Lipinski definition) is 1. The summed E-state index contributed by atoms with van der Waals surface area (Å²) in [4.78, 5) is 0. The molecule has 21 heavy (non-hydrogen) atoms. The van der Waals surface area contributed by atoms with Crippen LogP contribution in [0.3, 0.4) is 0 Å². The van der Waals surface area contributed by atoms with Gasteiger partial charge in [-0.25, -0.2) is 0 Å². The van der Waals surface area contributed by atoms with Crippen molar-refractivity contribution in [3.63, 3.8) is 0 Å². The van der Waals surface area contributed by atoms with Crippen molar-refractivity contribution in [3.05, 3.63) is 51.3 Å². The van der Waals surface area contributed by atoms with Crippen LogP contribution in [0.2, 0.25) is 0 Å².